The minimum atomic E-state index is 0.919. The van der Waals surface area contributed by atoms with Gasteiger partial charge in [-0.05, 0) is 74.5 Å². The summed E-state index contributed by atoms with van der Waals surface area (Å²) in [5.41, 5.74) is 4.58. The van der Waals surface area contributed by atoms with Crippen LogP contribution in [0.15, 0.2) is 18.2 Å². The summed E-state index contributed by atoms with van der Waals surface area (Å²) < 4.78 is 0. The third kappa shape index (κ3) is 14.0. The summed E-state index contributed by atoms with van der Waals surface area (Å²) in [5.74, 6) is 8.23. The van der Waals surface area contributed by atoms with Gasteiger partial charge < -0.3 is 0 Å². The Morgan fingerprint density at radius 2 is 0.667 bits per heavy atom. The van der Waals surface area contributed by atoms with E-state index >= 15 is 0 Å². The average Bonchev–Trinajstić information content (AvgIpc) is 2.75. The molecule has 0 aliphatic heterocycles. The highest BCUT2D eigenvalue weighted by Crippen LogP contribution is 2.19. The predicted molar refractivity (Wildman–Crippen MR) is 133 cm³/mol. The van der Waals surface area contributed by atoms with Gasteiger partial charge in [0.05, 0.1) is 0 Å². The van der Waals surface area contributed by atoms with E-state index < -0.39 is 0 Å². The monoisotopic (exact) mass is 402 g/mol. The summed E-state index contributed by atoms with van der Waals surface area (Å²) in [7, 11) is 0. The van der Waals surface area contributed by atoms with Crippen LogP contribution in [0.2, 0.25) is 0 Å². The van der Waals surface area contributed by atoms with E-state index in [-0.39, 0.29) is 0 Å². The minimum Gasteiger partial charge on any atom is -0.120 e. The lowest BCUT2D eigenvalue weighted by Gasteiger charge is -2.11. The van der Waals surface area contributed by atoms with Crippen LogP contribution >= 0.6 is 0 Å². The fourth-order valence-electron chi connectivity index (χ4n) is 4.00. The Morgan fingerprint density at radius 3 is 0.933 bits per heavy atom. The molecule has 30 heavy (non-hydrogen) atoms. The maximum atomic E-state index is 5.35. The van der Waals surface area contributed by atoms with Crippen molar-refractivity contribution in [2.45, 2.75) is 116 Å². The first-order valence-corrected chi connectivity index (χ1v) is 12.2. The number of hydrogen-bond donors (Lipinski definition) is 0. The lowest BCUT2D eigenvalue weighted by Crippen LogP contribution is -1.96. The van der Waals surface area contributed by atoms with Gasteiger partial charge in [-0.15, -0.1) is 37.0 Å². The van der Waals surface area contributed by atoms with Crippen molar-refractivity contribution in [3.63, 3.8) is 0 Å². The Balaban J connectivity index is 2.51. The number of aryl methyl sites for hydroxylation is 3. The maximum Gasteiger partial charge on any atom is 0.00860 e. The van der Waals surface area contributed by atoms with Crippen molar-refractivity contribution in [3.8, 4) is 37.0 Å². The van der Waals surface area contributed by atoms with Crippen molar-refractivity contribution in [1.29, 1.82) is 0 Å². The van der Waals surface area contributed by atoms with E-state index in [1.54, 1.807) is 0 Å². The maximum absolute atomic E-state index is 5.35. The number of hydrogen-bond acceptors (Lipinski definition) is 0. The smallest absolute Gasteiger partial charge is 0.00860 e. The van der Waals surface area contributed by atoms with Crippen LogP contribution in [-0.2, 0) is 19.3 Å². The van der Waals surface area contributed by atoms with Crippen LogP contribution < -0.4 is 0 Å². The lowest BCUT2D eigenvalue weighted by molar-refractivity contribution is 0.640. The molecule has 0 nitrogen and oxygen atoms in total. The van der Waals surface area contributed by atoms with E-state index in [9.17, 15) is 0 Å². The molecule has 0 saturated carbocycles. The zero-order chi connectivity index (χ0) is 21.7. The van der Waals surface area contributed by atoms with Crippen molar-refractivity contribution in [2.75, 3.05) is 0 Å². The first kappa shape index (κ1) is 25.9. The molecule has 1 aromatic carbocycles. The average molecular weight is 403 g/mol. The van der Waals surface area contributed by atoms with Crippen LogP contribution in [0.3, 0.4) is 0 Å². The molecule has 0 saturated heterocycles. The van der Waals surface area contributed by atoms with Crippen molar-refractivity contribution >= 4 is 0 Å². The lowest BCUT2D eigenvalue weighted by atomic mass is 9.95. The quantitative estimate of drug-likeness (QED) is 0.172. The van der Waals surface area contributed by atoms with Gasteiger partial charge in [-0.25, -0.2) is 0 Å². The molecule has 1 rings (SSSR count). The van der Waals surface area contributed by atoms with Gasteiger partial charge >= 0.3 is 0 Å². The van der Waals surface area contributed by atoms with E-state index in [1.165, 1.54) is 113 Å². The zero-order valence-electron chi connectivity index (χ0n) is 19.2. The molecule has 0 amide bonds. The van der Waals surface area contributed by atoms with Crippen LogP contribution in [0.1, 0.15) is 113 Å². The highest BCUT2D eigenvalue weighted by molar-refractivity contribution is 5.30. The second-order valence-corrected chi connectivity index (χ2v) is 8.51. The fraction of sp³-hybridized carbons (Fsp3) is 0.600. The van der Waals surface area contributed by atoms with Crippen LogP contribution in [0.5, 0.6) is 0 Å². The molecule has 162 valence electrons. The topological polar surface area (TPSA) is 0 Å². The SMILES string of the molecule is C#CCCCCCCc1cc(CCCCCCC#C)cc(CCCCCCC#C)c1. The minimum absolute atomic E-state index is 0.919. The van der Waals surface area contributed by atoms with Crippen LogP contribution in [0.4, 0.5) is 0 Å². The van der Waals surface area contributed by atoms with Gasteiger partial charge in [-0.1, -0.05) is 56.7 Å². The van der Waals surface area contributed by atoms with Crippen molar-refractivity contribution in [1.82, 2.24) is 0 Å². The summed E-state index contributed by atoms with van der Waals surface area (Å²) in [5, 5.41) is 0. The molecule has 0 unspecified atom stereocenters. The summed E-state index contributed by atoms with van der Waals surface area (Å²) in [6, 6.07) is 7.37. The number of rotatable bonds is 18. The molecule has 0 atom stereocenters. The summed E-state index contributed by atoms with van der Waals surface area (Å²) in [6.45, 7) is 0. The predicted octanol–water partition coefficient (Wildman–Crippen LogP) is 8.07. The fourth-order valence-corrected chi connectivity index (χ4v) is 4.00. The van der Waals surface area contributed by atoms with Gasteiger partial charge in [0, 0.05) is 19.3 Å². The van der Waals surface area contributed by atoms with E-state index in [0.29, 0.717) is 0 Å². The molecule has 0 heterocycles. The van der Waals surface area contributed by atoms with E-state index in [0.717, 1.165) is 19.3 Å². The van der Waals surface area contributed by atoms with E-state index in [1.807, 2.05) is 0 Å². The Hall–Kier alpha value is -2.10. The van der Waals surface area contributed by atoms with E-state index in [4.69, 9.17) is 19.3 Å². The molecular formula is C30H42. The summed E-state index contributed by atoms with van der Waals surface area (Å²) >= 11 is 0. The van der Waals surface area contributed by atoms with Crippen molar-refractivity contribution in [2.24, 2.45) is 0 Å². The molecule has 0 spiro atoms. The second-order valence-electron chi connectivity index (χ2n) is 8.51. The van der Waals surface area contributed by atoms with Crippen molar-refractivity contribution in [3.05, 3.63) is 34.9 Å². The standard InChI is InChI=1S/C30H42/c1-4-7-10-13-16-19-22-28-25-29(23-20-17-14-11-8-5-2)27-30(26-28)24-21-18-15-12-9-6-3/h1-3,25-27H,7-24H2. The van der Waals surface area contributed by atoms with Gasteiger partial charge in [0.15, 0.2) is 0 Å². The Kier molecular flexibility index (Phi) is 16.3. The number of unbranched alkanes of at least 4 members (excludes halogenated alkanes) is 12. The van der Waals surface area contributed by atoms with Crippen LogP contribution in [0, 0.1) is 37.0 Å². The Morgan fingerprint density at radius 1 is 0.400 bits per heavy atom. The molecule has 1 aromatic rings. The third-order valence-electron chi connectivity index (χ3n) is 5.72. The Bertz CT molecular complexity index is 566. The molecule has 0 N–H and O–H groups in total. The molecule has 0 fully saturated rings. The number of terminal acetylenes is 3. The summed E-state index contributed by atoms with van der Waals surface area (Å²) in [4.78, 5) is 0. The van der Waals surface area contributed by atoms with Crippen molar-refractivity contribution < 1.29 is 0 Å². The molecule has 0 aliphatic carbocycles. The van der Waals surface area contributed by atoms with Crippen LogP contribution in [-0.4, -0.2) is 0 Å². The van der Waals surface area contributed by atoms with Gasteiger partial charge in [0.2, 0.25) is 0 Å². The first-order chi connectivity index (χ1) is 14.8. The second kappa shape index (κ2) is 18.9. The summed E-state index contributed by atoms with van der Waals surface area (Å²) in [6.07, 6.45) is 37.3. The highest BCUT2D eigenvalue weighted by Gasteiger charge is 2.03. The molecule has 0 heteroatoms. The van der Waals surface area contributed by atoms with Gasteiger partial charge in [0.1, 0.15) is 0 Å². The largest absolute Gasteiger partial charge is 0.120 e. The molecule has 0 aromatic heterocycles. The molecular weight excluding hydrogens is 360 g/mol. The highest BCUT2D eigenvalue weighted by atomic mass is 14.1. The van der Waals surface area contributed by atoms with Crippen LogP contribution in [0.25, 0.3) is 0 Å². The molecule has 0 radical (unpaired) electrons. The zero-order valence-corrected chi connectivity index (χ0v) is 19.2. The Labute approximate surface area is 187 Å². The van der Waals surface area contributed by atoms with Gasteiger partial charge in [-0.3, -0.25) is 0 Å². The third-order valence-corrected chi connectivity index (χ3v) is 5.72. The normalized spacial score (nSPS) is 10.3. The van der Waals surface area contributed by atoms with E-state index in [2.05, 4.69) is 36.0 Å². The van der Waals surface area contributed by atoms with Gasteiger partial charge in [-0.2, -0.15) is 0 Å². The molecule has 0 bridgehead atoms. The van der Waals surface area contributed by atoms with Gasteiger partial charge in [0.25, 0.3) is 0 Å². The first-order valence-electron chi connectivity index (χ1n) is 12.2. The number of benzene rings is 1. The molecule has 0 aliphatic rings.